The van der Waals surface area contributed by atoms with E-state index in [1.807, 2.05) is 26.1 Å². The molecule has 2 N–H and O–H groups in total. The van der Waals surface area contributed by atoms with Crippen LogP contribution >= 0.6 is 0 Å². The average molecular weight is 564 g/mol. The van der Waals surface area contributed by atoms with Crippen LogP contribution in [0.25, 0.3) is 22.4 Å². The fourth-order valence-electron chi connectivity index (χ4n) is 4.59. The van der Waals surface area contributed by atoms with Crippen molar-refractivity contribution in [1.29, 1.82) is 0 Å². The Hall–Kier alpha value is -3.15. The summed E-state index contributed by atoms with van der Waals surface area (Å²) in [5.74, 6) is -1.41. The number of rotatable bonds is 7. The molecule has 0 spiro atoms. The van der Waals surface area contributed by atoms with Crippen LogP contribution in [0.3, 0.4) is 0 Å². The first-order chi connectivity index (χ1) is 18.3. The molecular weight excluding hydrogens is 534 g/mol. The number of alkyl halides is 3. The molecule has 2 atom stereocenters. The van der Waals surface area contributed by atoms with Crippen molar-refractivity contribution in [2.24, 2.45) is 0 Å². The van der Waals surface area contributed by atoms with Gasteiger partial charge in [0.25, 0.3) is 5.91 Å². The molecule has 0 fully saturated rings. The SMILES string of the molecule is CC(C)(C)[S@@](=O)N1Cc2cc(C(=O)NCC(F)(F)F)nc(-c3cccc(-c4cccc(F)c4)c3)c2[C@H]1CCO. The molecule has 0 saturated heterocycles. The van der Waals surface area contributed by atoms with Crippen molar-refractivity contribution in [2.75, 3.05) is 13.2 Å². The average Bonchev–Trinajstić information content (AvgIpc) is 3.23. The van der Waals surface area contributed by atoms with E-state index in [-0.39, 0.29) is 25.3 Å². The molecule has 0 saturated carbocycles. The first-order valence-electron chi connectivity index (χ1n) is 12.3. The second-order valence-corrected chi connectivity index (χ2v) is 12.5. The van der Waals surface area contributed by atoms with Crippen LogP contribution in [-0.2, 0) is 17.5 Å². The zero-order chi connectivity index (χ0) is 28.5. The molecule has 208 valence electrons. The topological polar surface area (TPSA) is 82.5 Å². The van der Waals surface area contributed by atoms with Gasteiger partial charge in [-0.3, -0.25) is 4.79 Å². The number of nitrogens with one attached hydrogen (secondary N) is 1. The number of aliphatic hydroxyl groups excluding tert-OH is 1. The largest absolute Gasteiger partial charge is 0.405 e. The highest BCUT2D eigenvalue weighted by atomic mass is 32.2. The Morgan fingerprint density at radius 2 is 1.72 bits per heavy atom. The van der Waals surface area contributed by atoms with E-state index in [9.17, 15) is 31.7 Å². The number of aliphatic hydroxyl groups is 1. The number of hydrogen-bond donors (Lipinski definition) is 2. The molecule has 1 amide bonds. The number of carbonyl (C=O) groups is 1. The second kappa shape index (κ2) is 11.1. The minimum absolute atomic E-state index is 0.155. The van der Waals surface area contributed by atoms with E-state index in [4.69, 9.17) is 0 Å². The quantitative estimate of drug-likeness (QED) is 0.370. The van der Waals surface area contributed by atoms with E-state index in [0.717, 1.165) is 0 Å². The third-order valence-electron chi connectivity index (χ3n) is 6.27. The predicted octanol–water partition coefficient (Wildman–Crippen LogP) is 5.55. The third kappa shape index (κ3) is 6.54. The zero-order valence-electron chi connectivity index (χ0n) is 21.7. The van der Waals surface area contributed by atoms with Crippen LogP contribution in [0.2, 0.25) is 0 Å². The van der Waals surface area contributed by atoms with Crippen LogP contribution in [0.5, 0.6) is 0 Å². The van der Waals surface area contributed by atoms with E-state index in [0.29, 0.717) is 33.5 Å². The van der Waals surface area contributed by atoms with Crippen LogP contribution in [0, 0.1) is 5.82 Å². The number of hydrogen-bond acceptors (Lipinski definition) is 4. The van der Waals surface area contributed by atoms with Crippen molar-refractivity contribution < 1.29 is 31.7 Å². The van der Waals surface area contributed by atoms with Crippen LogP contribution in [0.15, 0.2) is 54.6 Å². The fraction of sp³-hybridized carbons (Fsp3) is 0.357. The Bertz CT molecular complexity index is 1410. The maximum Gasteiger partial charge on any atom is 0.405 e. The molecule has 1 aliphatic heterocycles. The van der Waals surface area contributed by atoms with Crippen molar-refractivity contribution in [1.82, 2.24) is 14.6 Å². The van der Waals surface area contributed by atoms with Gasteiger partial charge >= 0.3 is 6.18 Å². The summed E-state index contributed by atoms with van der Waals surface area (Å²) in [4.78, 5) is 17.2. The molecule has 6 nitrogen and oxygen atoms in total. The number of amides is 1. The lowest BCUT2D eigenvalue weighted by Gasteiger charge is -2.30. The molecule has 0 radical (unpaired) electrons. The van der Waals surface area contributed by atoms with Gasteiger partial charge in [0, 0.05) is 24.3 Å². The Kier molecular flexibility index (Phi) is 8.25. The number of fused-ring (bicyclic) bond motifs is 1. The van der Waals surface area contributed by atoms with E-state index < -0.39 is 46.2 Å². The molecule has 0 bridgehead atoms. The lowest BCUT2D eigenvalue weighted by molar-refractivity contribution is -0.123. The summed E-state index contributed by atoms with van der Waals surface area (Å²) < 4.78 is 66.8. The van der Waals surface area contributed by atoms with Crippen LogP contribution in [0.4, 0.5) is 17.6 Å². The summed E-state index contributed by atoms with van der Waals surface area (Å²) >= 11 is 0. The Balaban J connectivity index is 1.87. The van der Waals surface area contributed by atoms with Gasteiger partial charge in [-0.2, -0.15) is 13.2 Å². The summed E-state index contributed by atoms with van der Waals surface area (Å²) in [5, 5.41) is 11.7. The molecule has 3 aromatic rings. The number of aromatic nitrogens is 1. The molecule has 4 rings (SSSR count). The summed E-state index contributed by atoms with van der Waals surface area (Å²) in [6.45, 7) is 3.89. The van der Waals surface area contributed by atoms with Crippen molar-refractivity contribution in [3.8, 4) is 22.4 Å². The smallest absolute Gasteiger partial charge is 0.396 e. The second-order valence-electron chi connectivity index (χ2n) is 10.3. The number of benzene rings is 2. The maximum atomic E-state index is 13.9. The molecule has 1 aliphatic rings. The maximum absolute atomic E-state index is 13.9. The summed E-state index contributed by atoms with van der Waals surface area (Å²) in [7, 11) is -1.50. The van der Waals surface area contributed by atoms with Gasteiger partial charge in [-0.1, -0.05) is 30.3 Å². The van der Waals surface area contributed by atoms with Gasteiger partial charge in [0.2, 0.25) is 0 Å². The van der Waals surface area contributed by atoms with Gasteiger partial charge in [-0.15, -0.1) is 0 Å². The Morgan fingerprint density at radius 3 is 2.33 bits per heavy atom. The van der Waals surface area contributed by atoms with Crippen molar-refractivity contribution in [3.05, 3.63) is 77.2 Å². The highest BCUT2D eigenvalue weighted by Gasteiger charge is 2.40. The van der Waals surface area contributed by atoms with E-state index in [2.05, 4.69) is 4.98 Å². The number of pyridine rings is 1. The normalized spacial score (nSPS) is 16.7. The molecule has 0 aliphatic carbocycles. The summed E-state index contributed by atoms with van der Waals surface area (Å²) in [6, 6.07) is 13.9. The van der Waals surface area contributed by atoms with Gasteiger partial charge in [-0.05, 0) is 68.1 Å². The summed E-state index contributed by atoms with van der Waals surface area (Å²) in [5.41, 5.74) is 3.17. The molecule has 2 aromatic carbocycles. The van der Waals surface area contributed by atoms with E-state index in [1.165, 1.54) is 18.2 Å². The van der Waals surface area contributed by atoms with Gasteiger partial charge in [0.15, 0.2) is 0 Å². The van der Waals surface area contributed by atoms with E-state index >= 15 is 0 Å². The highest BCUT2D eigenvalue weighted by molar-refractivity contribution is 7.84. The third-order valence-corrected chi connectivity index (χ3v) is 8.12. The number of halogens is 4. The standard InChI is InChI=1S/C28H29F4N3O3S/c1-27(2,3)39(38)35-15-20-14-22(26(37)33-16-28(30,31)32)34-25(24(20)23(35)10-11-36)19-8-4-6-17(12-19)18-7-5-9-21(29)13-18/h4-9,12-14,23,36H,10-11,15-16H2,1-3H3,(H,33,37)/t23-,39-/m1/s1. The number of carbonyl (C=O) groups excluding carboxylic acids is 1. The van der Waals surface area contributed by atoms with Crippen LogP contribution < -0.4 is 5.32 Å². The molecule has 11 heteroatoms. The van der Waals surface area contributed by atoms with Crippen LogP contribution in [-0.4, -0.2) is 48.6 Å². The Labute approximate surface area is 226 Å². The first kappa shape index (κ1) is 28.8. The lowest BCUT2D eigenvalue weighted by Crippen LogP contribution is -2.36. The lowest BCUT2D eigenvalue weighted by atomic mass is 9.94. The first-order valence-corrected chi connectivity index (χ1v) is 13.4. The number of nitrogens with zero attached hydrogens (tertiary/aromatic N) is 2. The minimum atomic E-state index is -4.60. The molecule has 2 heterocycles. The highest BCUT2D eigenvalue weighted by Crippen LogP contribution is 2.44. The van der Waals surface area contributed by atoms with Crippen molar-refractivity contribution in [3.63, 3.8) is 0 Å². The van der Waals surface area contributed by atoms with E-state index in [1.54, 1.807) is 40.7 Å². The Morgan fingerprint density at radius 1 is 1.08 bits per heavy atom. The zero-order valence-corrected chi connectivity index (χ0v) is 22.5. The monoisotopic (exact) mass is 563 g/mol. The van der Waals surface area contributed by atoms with Gasteiger partial charge in [0.05, 0.1) is 16.5 Å². The van der Waals surface area contributed by atoms with Gasteiger partial charge < -0.3 is 10.4 Å². The predicted molar refractivity (Wildman–Crippen MR) is 141 cm³/mol. The van der Waals surface area contributed by atoms with Crippen LogP contribution in [0.1, 0.15) is 54.8 Å². The van der Waals surface area contributed by atoms with Gasteiger partial charge in [0.1, 0.15) is 29.0 Å². The fourth-order valence-corrected chi connectivity index (χ4v) is 5.99. The molecule has 1 aromatic heterocycles. The molecular formula is C28H29F4N3O3S. The van der Waals surface area contributed by atoms with Crippen molar-refractivity contribution >= 4 is 16.9 Å². The van der Waals surface area contributed by atoms with Gasteiger partial charge in [-0.25, -0.2) is 17.9 Å². The minimum Gasteiger partial charge on any atom is -0.396 e. The summed E-state index contributed by atoms with van der Waals surface area (Å²) in [6.07, 6.45) is -4.37. The molecule has 0 unspecified atom stereocenters. The van der Waals surface area contributed by atoms with Crippen molar-refractivity contribution in [2.45, 2.75) is 50.7 Å². The molecule has 39 heavy (non-hydrogen) atoms.